The molecule has 0 aliphatic heterocycles. The summed E-state index contributed by atoms with van der Waals surface area (Å²) in [6.45, 7) is 6.88. The SMILES string of the molecule is CCOc1ccc(C(=O)Nc2nc(-c3ccc(C(C)C)cc3)cs2)cc1. The van der Waals surface area contributed by atoms with E-state index in [9.17, 15) is 4.79 Å². The number of nitrogens with zero attached hydrogens (tertiary/aromatic N) is 1. The third-order valence-electron chi connectivity index (χ3n) is 4.03. The first kappa shape index (κ1) is 18.1. The van der Waals surface area contributed by atoms with E-state index in [0.717, 1.165) is 17.0 Å². The van der Waals surface area contributed by atoms with Crippen LogP contribution in [-0.2, 0) is 0 Å². The van der Waals surface area contributed by atoms with Crippen LogP contribution >= 0.6 is 11.3 Å². The van der Waals surface area contributed by atoms with Crippen molar-refractivity contribution in [2.45, 2.75) is 26.7 Å². The number of thiazole rings is 1. The molecule has 1 N–H and O–H groups in total. The van der Waals surface area contributed by atoms with Crippen LogP contribution in [0.1, 0.15) is 42.6 Å². The van der Waals surface area contributed by atoms with Gasteiger partial charge in [-0.25, -0.2) is 4.98 Å². The summed E-state index contributed by atoms with van der Waals surface area (Å²) in [6.07, 6.45) is 0. The molecule has 0 aliphatic rings. The molecule has 1 amide bonds. The van der Waals surface area contributed by atoms with Crippen molar-refractivity contribution in [3.63, 3.8) is 0 Å². The molecule has 0 aliphatic carbocycles. The molecule has 3 aromatic rings. The van der Waals surface area contributed by atoms with Gasteiger partial charge in [0.1, 0.15) is 5.75 Å². The first-order chi connectivity index (χ1) is 12.6. The van der Waals surface area contributed by atoms with E-state index in [4.69, 9.17) is 4.74 Å². The molecule has 0 saturated heterocycles. The molecular weight excluding hydrogens is 344 g/mol. The maximum atomic E-state index is 12.4. The Morgan fingerprint density at radius 1 is 1.12 bits per heavy atom. The number of carbonyl (C=O) groups excluding carboxylic acids is 1. The Bertz CT molecular complexity index is 868. The molecule has 0 unspecified atom stereocenters. The molecule has 5 heteroatoms. The van der Waals surface area contributed by atoms with Gasteiger partial charge >= 0.3 is 0 Å². The summed E-state index contributed by atoms with van der Waals surface area (Å²) in [7, 11) is 0. The molecule has 2 aromatic carbocycles. The van der Waals surface area contributed by atoms with E-state index in [1.54, 1.807) is 24.3 Å². The van der Waals surface area contributed by atoms with Crippen molar-refractivity contribution in [1.29, 1.82) is 0 Å². The van der Waals surface area contributed by atoms with Gasteiger partial charge in [-0.05, 0) is 42.7 Å². The minimum atomic E-state index is -0.177. The topological polar surface area (TPSA) is 51.2 Å². The molecule has 3 rings (SSSR count). The van der Waals surface area contributed by atoms with Crippen molar-refractivity contribution in [2.24, 2.45) is 0 Å². The zero-order chi connectivity index (χ0) is 18.5. The summed E-state index contributed by atoms with van der Waals surface area (Å²) in [5.41, 5.74) is 3.79. The minimum Gasteiger partial charge on any atom is -0.494 e. The first-order valence-corrected chi connectivity index (χ1v) is 9.55. The largest absolute Gasteiger partial charge is 0.494 e. The Morgan fingerprint density at radius 3 is 2.42 bits per heavy atom. The lowest BCUT2D eigenvalue weighted by Crippen LogP contribution is -2.11. The van der Waals surface area contributed by atoms with Crippen LogP contribution in [0, 0.1) is 0 Å². The Labute approximate surface area is 157 Å². The fraction of sp³-hybridized carbons (Fsp3) is 0.238. The number of aromatic nitrogens is 1. The summed E-state index contributed by atoms with van der Waals surface area (Å²) >= 11 is 1.42. The summed E-state index contributed by atoms with van der Waals surface area (Å²) < 4.78 is 5.39. The van der Waals surface area contributed by atoms with Crippen molar-refractivity contribution in [3.05, 3.63) is 65.0 Å². The van der Waals surface area contributed by atoms with Crippen LogP contribution in [-0.4, -0.2) is 17.5 Å². The van der Waals surface area contributed by atoms with E-state index in [-0.39, 0.29) is 5.91 Å². The normalized spacial score (nSPS) is 10.8. The molecule has 4 nitrogen and oxygen atoms in total. The number of amides is 1. The van der Waals surface area contributed by atoms with Gasteiger partial charge in [0.25, 0.3) is 5.91 Å². The van der Waals surface area contributed by atoms with Gasteiger partial charge in [-0.2, -0.15) is 0 Å². The maximum absolute atomic E-state index is 12.4. The van der Waals surface area contributed by atoms with Gasteiger partial charge in [0, 0.05) is 16.5 Å². The van der Waals surface area contributed by atoms with Crippen molar-refractivity contribution < 1.29 is 9.53 Å². The lowest BCUT2D eigenvalue weighted by atomic mass is 10.0. The highest BCUT2D eigenvalue weighted by molar-refractivity contribution is 7.14. The molecule has 1 heterocycles. The van der Waals surface area contributed by atoms with Gasteiger partial charge in [0.05, 0.1) is 12.3 Å². The molecule has 134 valence electrons. The third kappa shape index (κ3) is 4.29. The number of rotatable bonds is 6. The Hall–Kier alpha value is -2.66. The fourth-order valence-corrected chi connectivity index (χ4v) is 3.26. The van der Waals surface area contributed by atoms with Crippen LogP contribution in [0.5, 0.6) is 5.75 Å². The van der Waals surface area contributed by atoms with Crippen LogP contribution in [0.4, 0.5) is 5.13 Å². The molecule has 0 fully saturated rings. The number of benzene rings is 2. The smallest absolute Gasteiger partial charge is 0.257 e. The molecule has 1 aromatic heterocycles. The van der Waals surface area contributed by atoms with Crippen LogP contribution < -0.4 is 10.1 Å². The monoisotopic (exact) mass is 366 g/mol. The quantitative estimate of drug-likeness (QED) is 0.619. The van der Waals surface area contributed by atoms with Gasteiger partial charge in [-0.3, -0.25) is 10.1 Å². The lowest BCUT2D eigenvalue weighted by Gasteiger charge is -2.06. The van der Waals surface area contributed by atoms with Gasteiger partial charge < -0.3 is 4.74 Å². The van der Waals surface area contributed by atoms with Crippen molar-refractivity contribution in [1.82, 2.24) is 4.98 Å². The average molecular weight is 366 g/mol. The van der Waals surface area contributed by atoms with Crippen molar-refractivity contribution in [2.75, 3.05) is 11.9 Å². The number of nitrogens with one attached hydrogen (secondary N) is 1. The van der Waals surface area contributed by atoms with E-state index >= 15 is 0 Å². The first-order valence-electron chi connectivity index (χ1n) is 8.67. The van der Waals surface area contributed by atoms with Crippen LogP contribution in [0.25, 0.3) is 11.3 Å². The highest BCUT2D eigenvalue weighted by Crippen LogP contribution is 2.27. The van der Waals surface area contributed by atoms with E-state index in [1.807, 2.05) is 12.3 Å². The molecule has 0 saturated carbocycles. The predicted octanol–water partition coefficient (Wildman–Crippen LogP) is 5.58. The highest BCUT2D eigenvalue weighted by Gasteiger charge is 2.10. The number of hydrogen-bond donors (Lipinski definition) is 1. The van der Waals surface area contributed by atoms with Crippen molar-refractivity contribution in [3.8, 4) is 17.0 Å². The van der Waals surface area contributed by atoms with E-state index < -0.39 is 0 Å². The van der Waals surface area contributed by atoms with Crippen LogP contribution in [0.15, 0.2) is 53.9 Å². The van der Waals surface area contributed by atoms with Gasteiger partial charge in [0.15, 0.2) is 5.13 Å². The molecule has 0 radical (unpaired) electrons. The number of ether oxygens (including phenoxy) is 1. The zero-order valence-corrected chi connectivity index (χ0v) is 16.0. The van der Waals surface area contributed by atoms with E-state index in [2.05, 4.69) is 48.4 Å². The standard InChI is InChI=1S/C21H22N2O2S/c1-4-25-18-11-9-17(10-12-18)20(24)23-21-22-19(13-26-21)16-7-5-15(6-8-16)14(2)3/h5-14H,4H2,1-3H3,(H,22,23,24). The summed E-state index contributed by atoms with van der Waals surface area (Å²) in [4.78, 5) is 16.9. The fourth-order valence-electron chi connectivity index (χ4n) is 2.54. The maximum Gasteiger partial charge on any atom is 0.257 e. The van der Waals surface area contributed by atoms with Gasteiger partial charge in [0.2, 0.25) is 0 Å². The van der Waals surface area contributed by atoms with E-state index in [0.29, 0.717) is 23.2 Å². The van der Waals surface area contributed by atoms with Gasteiger partial charge in [-0.15, -0.1) is 11.3 Å². The summed E-state index contributed by atoms with van der Waals surface area (Å²) in [5, 5.41) is 5.40. The number of carbonyl (C=O) groups is 1. The second-order valence-corrected chi connectivity index (χ2v) is 7.08. The molecule has 0 bridgehead atoms. The van der Waals surface area contributed by atoms with Crippen LogP contribution in [0.2, 0.25) is 0 Å². The Morgan fingerprint density at radius 2 is 1.81 bits per heavy atom. The van der Waals surface area contributed by atoms with Crippen molar-refractivity contribution >= 4 is 22.4 Å². The van der Waals surface area contributed by atoms with Gasteiger partial charge in [-0.1, -0.05) is 38.1 Å². The van der Waals surface area contributed by atoms with Crippen LogP contribution in [0.3, 0.4) is 0 Å². The number of anilines is 1. The second kappa shape index (κ2) is 8.15. The van der Waals surface area contributed by atoms with E-state index in [1.165, 1.54) is 16.9 Å². The molecule has 26 heavy (non-hydrogen) atoms. The highest BCUT2D eigenvalue weighted by atomic mass is 32.1. The summed E-state index contributed by atoms with van der Waals surface area (Å²) in [6, 6.07) is 15.5. The zero-order valence-electron chi connectivity index (χ0n) is 15.2. The predicted molar refractivity (Wildman–Crippen MR) is 107 cm³/mol. The number of hydrogen-bond acceptors (Lipinski definition) is 4. The minimum absolute atomic E-state index is 0.177. The molecular formula is C21H22N2O2S. The average Bonchev–Trinajstić information content (AvgIpc) is 3.11. The lowest BCUT2D eigenvalue weighted by molar-refractivity contribution is 0.102. The Kier molecular flexibility index (Phi) is 5.68. The third-order valence-corrected chi connectivity index (χ3v) is 4.78. The summed E-state index contributed by atoms with van der Waals surface area (Å²) in [5.74, 6) is 1.08. The molecule has 0 atom stereocenters. The molecule has 0 spiro atoms. The Balaban J connectivity index is 1.68. The second-order valence-electron chi connectivity index (χ2n) is 6.23.